The number of halogens is 2. The van der Waals surface area contributed by atoms with Gasteiger partial charge >= 0.3 is 0 Å². The summed E-state index contributed by atoms with van der Waals surface area (Å²) in [6.45, 7) is 2.83. The molecule has 0 spiro atoms. The van der Waals surface area contributed by atoms with Gasteiger partial charge in [-0.1, -0.05) is 29.3 Å². The summed E-state index contributed by atoms with van der Waals surface area (Å²) < 4.78 is 6.21. The number of thiocarbonyl (C=S) groups is 1. The van der Waals surface area contributed by atoms with E-state index in [4.69, 9.17) is 39.8 Å². The van der Waals surface area contributed by atoms with E-state index in [0.717, 1.165) is 23.6 Å². The molecule has 0 radical (unpaired) electrons. The van der Waals surface area contributed by atoms with Crippen LogP contribution < -0.4 is 5.32 Å². The molecule has 138 valence electrons. The minimum Gasteiger partial charge on any atom is -0.459 e. The zero-order chi connectivity index (χ0) is 19.0. The number of hydrogen-bond acceptors (Lipinski definition) is 3. The number of nitrogens with one attached hydrogen (secondary N) is 1. The predicted octanol–water partition coefficient (Wildman–Crippen LogP) is 5.64. The first kappa shape index (κ1) is 18.3. The molecule has 0 amide bonds. The molecule has 27 heavy (non-hydrogen) atoms. The minimum atomic E-state index is -0.0859. The van der Waals surface area contributed by atoms with Gasteiger partial charge in [0.25, 0.3) is 0 Å². The molecule has 3 aromatic rings. The van der Waals surface area contributed by atoms with E-state index in [9.17, 15) is 0 Å². The number of hydrogen-bond donors (Lipinski definition) is 1. The highest BCUT2D eigenvalue weighted by atomic mass is 35.5. The normalized spacial score (nSPS) is 19.4. The van der Waals surface area contributed by atoms with Crippen LogP contribution in [0.4, 0.5) is 0 Å². The maximum Gasteiger partial charge on any atom is 0.170 e. The molecule has 2 aromatic heterocycles. The van der Waals surface area contributed by atoms with Gasteiger partial charge in [-0.3, -0.25) is 4.98 Å². The van der Waals surface area contributed by atoms with Gasteiger partial charge in [-0.15, -0.1) is 0 Å². The van der Waals surface area contributed by atoms with E-state index < -0.39 is 0 Å². The van der Waals surface area contributed by atoms with Crippen molar-refractivity contribution in [1.82, 2.24) is 15.2 Å². The molecule has 1 saturated heterocycles. The summed E-state index contributed by atoms with van der Waals surface area (Å²) in [5.41, 5.74) is 1.72. The smallest absolute Gasteiger partial charge is 0.170 e. The van der Waals surface area contributed by atoms with E-state index >= 15 is 0 Å². The monoisotopic (exact) mass is 417 g/mol. The van der Waals surface area contributed by atoms with Crippen LogP contribution in [0.5, 0.6) is 0 Å². The SMILES string of the molecule is CCN1C(=S)N[C@@H](c2ccccn2)[C@H]1c1ccc(-c2ccc(Cl)cc2Cl)o1. The van der Waals surface area contributed by atoms with Crippen molar-refractivity contribution in [3.8, 4) is 11.3 Å². The fourth-order valence-electron chi connectivity index (χ4n) is 3.40. The van der Waals surface area contributed by atoms with Crippen molar-refractivity contribution in [3.05, 3.63) is 76.2 Å². The van der Waals surface area contributed by atoms with Crippen LogP contribution in [0, 0.1) is 0 Å². The maximum absolute atomic E-state index is 6.34. The van der Waals surface area contributed by atoms with Crippen LogP contribution in [0.3, 0.4) is 0 Å². The number of benzene rings is 1. The summed E-state index contributed by atoms with van der Waals surface area (Å²) in [5.74, 6) is 1.50. The third kappa shape index (κ3) is 3.43. The summed E-state index contributed by atoms with van der Waals surface area (Å²) in [4.78, 5) is 6.61. The molecule has 3 heterocycles. The number of likely N-dealkylation sites (N-methyl/N-ethyl adjacent to an activating group) is 1. The Morgan fingerprint density at radius 3 is 2.74 bits per heavy atom. The lowest BCUT2D eigenvalue weighted by Crippen LogP contribution is -2.29. The number of pyridine rings is 1. The van der Waals surface area contributed by atoms with E-state index in [1.807, 2.05) is 36.4 Å². The van der Waals surface area contributed by atoms with E-state index in [-0.39, 0.29) is 12.1 Å². The van der Waals surface area contributed by atoms with Crippen molar-refractivity contribution in [3.63, 3.8) is 0 Å². The van der Waals surface area contributed by atoms with Gasteiger partial charge in [0.15, 0.2) is 5.11 Å². The van der Waals surface area contributed by atoms with Gasteiger partial charge in [0.1, 0.15) is 17.6 Å². The zero-order valence-corrected chi connectivity index (χ0v) is 16.9. The number of aromatic nitrogens is 1. The Kier molecular flexibility index (Phi) is 5.08. The molecule has 1 fully saturated rings. The third-order valence-corrected chi connectivity index (χ3v) is 5.55. The van der Waals surface area contributed by atoms with Crippen LogP contribution >= 0.6 is 35.4 Å². The summed E-state index contributed by atoms with van der Waals surface area (Å²) in [7, 11) is 0. The minimum absolute atomic E-state index is 0.0849. The Morgan fingerprint density at radius 1 is 1.19 bits per heavy atom. The molecular formula is C20H17Cl2N3OS. The lowest BCUT2D eigenvalue weighted by Gasteiger charge is -2.24. The Balaban J connectivity index is 1.73. The Bertz CT molecular complexity index is 976. The quantitative estimate of drug-likeness (QED) is 0.556. The predicted molar refractivity (Wildman–Crippen MR) is 112 cm³/mol. The van der Waals surface area contributed by atoms with E-state index in [2.05, 4.69) is 22.1 Å². The second-order valence-electron chi connectivity index (χ2n) is 6.24. The van der Waals surface area contributed by atoms with Crippen molar-refractivity contribution < 1.29 is 4.42 Å². The lowest BCUT2D eigenvalue weighted by atomic mass is 10.0. The Morgan fingerprint density at radius 2 is 2.04 bits per heavy atom. The van der Waals surface area contributed by atoms with Gasteiger partial charge in [-0.2, -0.15) is 0 Å². The van der Waals surface area contributed by atoms with Gasteiger partial charge < -0.3 is 14.6 Å². The Hall–Kier alpha value is -2.08. The summed E-state index contributed by atoms with van der Waals surface area (Å²) in [6.07, 6.45) is 1.78. The second-order valence-corrected chi connectivity index (χ2v) is 7.47. The van der Waals surface area contributed by atoms with Gasteiger partial charge in [0.2, 0.25) is 0 Å². The molecule has 2 atom stereocenters. The Labute approximate surface area is 173 Å². The van der Waals surface area contributed by atoms with Crippen molar-refractivity contribution >= 4 is 40.5 Å². The van der Waals surface area contributed by atoms with Gasteiger partial charge in [0, 0.05) is 23.3 Å². The molecule has 0 saturated carbocycles. The average molecular weight is 418 g/mol. The number of nitrogens with zero attached hydrogens (tertiary/aromatic N) is 2. The average Bonchev–Trinajstić information content (AvgIpc) is 3.26. The van der Waals surface area contributed by atoms with Gasteiger partial charge in [0.05, 0.1) is 16.8 Å². The van der Waals surface area contributed by atoms with Crippen LogP contribution in [0.15, 0.2) is 59.1 Å². The number of rotatable bonds is 4. The molecule has 1 aliphatic heterocycles. The summed E-state index contributed by atoms with van der Waals surface area (Å²) >= 11 is 17.9. The first-order valence-corrected chi connectivity index (χ1v) is 9.78. The molecule has 0 bridgehead atoms. The van der Waals surface area contributed by atoms with Crippen molar-refractivity contribution in [2.75, 3.05) is 6.54 Å². The zero-order valence-electron chi connectivity index (χ0n) is 14.5. The fourth-order valence-corrected chi connectivity index (χ4v) is 4.27. The summed E-state index contributed by atoms with van der Waals surface area (Å²) in [6, 6.07) is 15.0. The van der Waals surface area contributed by atoms with Crippen LogP contribution in [0.25, 0.3) is 11.3 Å². The topological polar surface area (TPSA) is 41.3 Å². The van der Waals surface area contributed by atoms with Crippen LogP contribution in [-0.2, 0) is 0 Å². The highest BCUT2D eigenvalue weighted by Crippen LogP contribution is 2.41. The van der Waals surface area contributed by atoms with Crippen LogP contribution in [-0.4, -0.2) is 21.5 Å². The molecule has 4 nitrogen and oxygen atoms in total. The molecule has 1 N–H and O–H groups in total. The van der Waals surface area contributed by atoms with E-state index in [0.29, 0.717) is 20.9 Å². The first-order valence-electron chi connectivity index (χ1n) is 8.61. The fraction of sp³-hybridized carbons (Fsp3) is 0.200. The molecule has 0 unspecified atom stereocenters. The van der Waals surface area contributed by atoms with Crippen molar-refractivity contribution in [1.29, 1.82) is 0 Å². The van der Waals surface area contributed by atoms with Crippen LogP contribution in [0.1, 0.15) is 30.5 Å². The lowest BCUT2D eigenvalue weighted by molar-refractivity contribution is 0.284. The van der Waals surface area contributed by atoms with Gasteiger partial charge in [-0.05, 0) is 61.6 Å². The standard InChI is InChI=1S/C20H17Cl2N3OS/c1-2-25-19(18(24-20(25)27)15-5-3-4-10-23-15)17-9-8-16(26-17)13-7-6-12(21)11-14(13)22/h3-11,18-19H,2H2,1H3,(H,24,27)/t18-,19+/m0/s1. The van der Waals surface area contributed by atoms with E-state index in [1.165, 1.54) is 0 Å². The maximum atomic E-state index is 6.34. The van der Waals surface area contributed by atoms with Gasteiger partial charge in [-0.25, -0.2) is 0 Å². The molecular weight excluding hydrogens is 401 g/mol. The van der Waals surface area contributed by atoms with Crippen molar-refractivity contribution in [2.24, 2.45) is 0 Å². The van der Waals surface area contributed by atoms with Crippen LogP contribution in [0.2, 0.25) is 10.0 Å². The summed E-state index contributed by atoms with van der Waals surface area (Å²) in [5, 5.41) is 5.22. The molecule has 7 heteroatoms. The molecule has 1 aromatic carbocycles. The largest absolute Gasteiger partial charge is 0.459 e. The number of furan rings is 1. The highest BCUT2D eigenvalue weighted by Gasteiger charge is 2.40. The third-order valence-electron chi connectivity index (χ3n) is 4.65. The van der Waals surface area contributed by atoms with E-state index in [1.54, 1.807) is 18.3 Å². The molecule has 0 aliphatic carbocycles. The first-order chi connectivity index (χ1) is 13.1. The molecule has 1 aliphatic rings. The highest BCUT2D eigenvalue weighted by molar-refractivity contribution is 7.80. The van der Waals surface area contributed by atoms with Crippen molar-refractivity contribution in [2.45, 2.75) is 19.0 Å². The molecule has 4 rings (SSSR count). The second kappa shape index (κ2) is 7.50.